The summed E-state index contributed by atoms with van der Waals surface area (Å²) in [4.78, 5) is 2.69. The number of nitrogens with one attached hydrogen (secondary N) is 1. The van der Waals surface area contributed by atoms with Gasteiger partial charge >= 0.3 is 0 Å². The summed E-state index contributed by atoms with van der Waals surface area (Å²) in [5.74, 6) is 1.96. The lowest BCUT2D eigenvalue weighted by molar-refractivity contribution is 0.106. The molecule has 2 fully saturated rings. The van der Waals surface area contributed by atoms with Crippen molar-refractivity contribution in [2.24, 2.45) is 11.8 Å². The van der Waals surface area contributed by atoms with Gasteiger partial charge in [-0.05, 0) is 58.0 Å². The van der Waals surface area contributed by atoms with Gasteiger partial charge in [-0.3, -0.25) is 0 Å². The molecule has 3 unspecified atom stereocenters. The van der Waals surface area contributed by atoms with E-state index in [-0.39, 0.29) is 0 Å². The molecule has 0 saturated heterocycles. The molecule has 0 aromatic rings. The van der Waals surface area contributed by atoms with Crippen molar-refractivity contribution in [3.05, 3.63) is 0 Å². The molecule has 3 atom stereocenters. The standard InChI is InChI=1S/C17H34N2/c1-4-7-14-10-11-16(18-2)17(12-14)19(3)13-15-8-5-6-9-15/h14-18H,4-13H2,1-3H3. The van der Waals surface area contributed by atoms with Crippen LogP contribution in [0.15, 0.2) is 0 Å². The second kappa shape index (κ2) is 7.64. The van der Waals surface area contributed by atoms with Gasteiger partial charge in [-0.15, -0.1) is 0 Å². The molecule has 0 radical (unpaired) electrons. The van der Waals surface area contributed by atoms with E-state index in [2.05, 4.69) is 31.2 Å². The van der Waals surface area contributed by atoms with E-state index in [0.717, 1.165) is 23.9 Å². The molecule has 0 aromatic carbocycles. The fourth-order valence-corrected chi connectivity index (χ4v) is 4.46. The van der Waals surface area contributed by atoms with Crippen LogP contribution in [0.3, 0.4) is 0 Å². The van der Waals surface area contributed by atoms with E-state index >= 15 is 0 Å². The van der Waals surface area contributed by atoms with Crippen LogP contribution < -0.4 is 5.32 Å². The smallest absolute Gasteiger partial charge is 0.0248 e. The molecular weight excluding hydrogens is 232 g/mol. The van der Waals surface area contributed by atoms with Gasteiger partial charge in [-0.25, -0.2) is 0 Å². The van der Waals surface area contributed by atoms with Crippen LogP contribution in [0.5, 0.6) is 0 Å². The summed E-state index contributed by atoms with van der Waals surface area (Å²) in [6.07, 6.45) is 12.9. The molecular formula is C17H34N2. The highest BCUT2D eigenvalue weighted by molar-refractivity contribution is 4.90. The van der Waals surface area contributed by atoms with Crippen LogP contribution in [0.4, 0.5) is 0 Å². The molecule has 0 bridgehead atoms. The Hall–Kier alpha value is -0.0800. The second-order valence-electron chi connectivity index (χ2n) is 7.02. The van der Waals surface area contributed by atoms with Crippen molar-refractivity contribution in [2.45, 2.75) is 76.8 Å². The Labute approximate surface area is 120 Å². The average Bonchev–Trinajstić information content (AvgIpc) is 2.92. The van der Waals surface area contributed by atoms with E-state index < -0.39 is 0 Å². The van der Waals surface area contributed by atoms with Gasteiger partial charge < -0.3 is 10.2 Å². The molecule has 2 heteroatoms. The number of rotatable bonds is 6. The first-order chi connectivity index (χ1) is 9.24. The largest absolute Gasteiger partial charge is 0.315 e. The molecule has 0 heterocycles. The SMILES string of the molecule is CCCC1CCC(NC)C(N(C)CC2CCCC2)C1. The van der Waals surface area contributed by atoms with Gasteiger partial charge in [0.15, 0.2) is 0 Å². The Bertz CT molecular complexity index is 248. The molecule has 2 rings (SSSR count). The van der Waals surface area contributed by atoms with Crippen molar-refractivity contribution in [1.82, 2.24) is 10.2 Å². The van der Waals surface area contributed by atoms with Crippen molar-refractivity contribution in [3.63, 3.8) is 0 Å². The molecule has 0 aromatic heterocycles. The summed E-state index contributed by atoms with van der Waals surface area (Å²) in [6, 6.07) is 1.50. The lowest BCUT2D eigenvalue weighted by Crippen LogP contribution is -2.52. The lowest BCUT2D eigenvalue weighted by atomic mass is 9.79. The average molecular weight is 266 g/mol. The minimum atomic E-state index is 0.722. The number of likely N-dealkylation sites (N-methyl/N-ethyl adjacent to an activating group) is 2. The zero-order chi connectivity index (χ0) is 13.7. The van der Waals surface area contributed by atoms with Crippen LogP contribution in [-0.4, -0.2) is 37.6 Å². The number of hydrogen-bond donors (Lipinski definition) is 1. The van der Waals surface area contributed by atoms with Gasteiger partial charge in [0.05, 0.1) is 0 Å². The summed E-state index contributed by atoms with van der Waals surface area (Å²) in [6.45, 7) is 3.67. The molecule has 0 amide bonds. The molecule has 2 nitrogen and oxygen atoms in total. The maximum Gasteiger partial charge on any atom is 0.0248 e. The van der Waals surface area contributed by atoms with E-state index in [1.807, 2.05) is 0 Å². The van der Waals surface area contributed by atoms with Crippen LogP contribution in [0, 0.1) is 11.8 Å². The Morgan fingerprint density at radius 2 is 1.79 bits per heavy atom. The molecule has 0 aliphatic heterocycles. The van der Waals surface area contributed by atoms with Crippen molar-refractivity contribution >= 4 is 0 Å². The molecule has 2 aliphatic rings. The summed E-state index contributed by atoms with van der Waals surface area (Å²) < 4.78 is 0. The Morgan fingerprint density at radius 1 is 1.05 bits per heavy atom. The number of hydrogen-bond acceptors (Lipinski definition) is 2. The maximum atomic E-state index is 3.58. The van der Waals surface area contributed by atoms with Crippen LogP contribution in [-0.2, 0) is 0 Å². The highest BCUT2D eigenvalue weighted by Gasteiger charge is 2.32. The quantitative estimate of drug-likeness (QED) is 0.789. The van der Waals surface area contributed by atoms with Crippen molar-refractivity contribution in [2.75, 3.05) is 20.6 Å². The zero-order valence-electron chi connectivity index (χ0n) is 13.3. The Balaban J connectivity index is 1.88. The minimum absolute atomic E-state index is 0.722. The first-order valence-electron chi connectivity index (χ1n) is 8.62. The Kier molecular flexibility index (Phi) is 6.15. The highest BCUT2D eigenvalue weighted by atomic mass is 15.2. The van der Waals surface area contributed by atoms with Crippen LogP contribution in [0.1, 0.15) is 64.7 Å². The molecule has 0 spiro atoms. The van der Waals surface area contributed by atoms with Crippen LogP contribution in [0.25, 0.3) is 0 Å². The maximum absolute atomic E-state index is 3.58. The third-order valence-corrected chi connectivity index (χ3v) is 5.58. The van der Waals surface area contributed by atoms with Crippen molar-refractivity contribution < 1.29 is 0 Å². The van der Waals surface area contributed by atoms with Gasteiger partial charge in [0.2, 0.25) is 0 Å². The highest BCUT2D eigenvalue weighted by Crippen LogP contribution is 2.32. The minimum Gasteiger partial charge on any atom is -0.315 e. The first-order valence-corrected chi connectivity index (χ1v) is 8.62. The van der Waals surface area contributed by atoms with E-state index in [1.165, 1.54) is 64.3 Å². The van der Waals surface area contributed by atoms with Gasteiger partial charge in [0.25, 0.3) is 0 Å². The molecule has 2 saturated carbocycles. The Morgan fingerprint density at radius 3 is 2.42 bits per heavy atom. The monoisotopic (exact) mass is 266 g/mol. The van der Waals surface area contributed by atoms with Gasteiger partial charge in [-0.2, -0.15) is 0 Å². The summed E-state index contributed by atoms with van der Waals surface area (Å²) in [7, 11) is 4.53. The van der Waals surface area contributed by atoms with E-state index in [1.54, 1.807) is 0 Å². The first kappa shape index (κ1) is 15.3. The topological polar surface area (TPSA) is 15.3 Å². The van der Waals surface area contributed by atoms with E-state index in [4.69, 9.17) is 0 Å². The fraction of sp³-hybridized carbons (Fsp3) is 1.00. The second-order valence-corrected chi connectivity index (χ2v) is 7.02. The number of nitrogens with zero attached hydrogens (tertiary/aromatic N) is 1. The molecule has 2 aliphatic carbocycles. The normalized spacial score (nSPS) is 33.2. The summed E-state index contributed by atoms with van der Waals surface area (Å²) >= 11 is 0. The van der Waals surface area contributed by atoms with E-state index in [9.17, 15) is 0 Å². The summed E-state index contributed by atoms with van der Waals surface area (Å²) in [5.41, 5.74) is 0. The molecule has 1 N–H and O–H groups in total. The van der Waals surface area contributed by atoms with Gasteiger partial charge in [-0.1, -0.05) is 32.6 Å². The van der Waals surface area contributed by atoms with Gasteiger partial charge in [0.1, 0.15) is 0 Å². The van der Waals surface area contributed by atoms with Crippen molar-refractivity contribution in [1.29, 1.82) is 0 Å². The lowest BCUT2D eigenvalue weighted by Gasteiger charge is -2.42. The predicted molar refractivity (Wildman–Crippen MR) is 83.5 cm³/mol. The van der Waals surface area contributed by atoms with Crippen molar-refractivity contribution in [3.8, 4) is 0 Å². The van der Waals surface area contributed by atoms with Crippen LogP contribution >= 0.6 is 0 Å². The van der Waals surface area contributed by atoms with Gasteiger partial charge in [0, 0.05) is 18.6 Å². The van der Waals surface area contributed by atoms with Crippen LogP contribution in [0.2, 0.25) is 0 Å². The molecule has 112 valence electrons. The third kappa shape index (κ3) is 4.19. The third-order valence-electron chi connectivity index (χ3n) is 5.58. The predicted octanol–water partition coefficient (Wildman–Crippen LogP) is 3.67. The zero-order valence-corrected chi connectivity index (χ0v) is 13.3. The molecule has 19 heavy (non-hydrogen) atoms. The summed E-state index contributed by atoms with van der Waals surface area (Å²) in [5, 5.41) is 3.58. The fourth-order valence-electron chi connectivity index (χ4n) is 4.46. The van der Waals surface area contributed by atoms with E-state index in [0.29, 0.717) is 0 Å².